The summed E-state index contributed by atoms with van der Waals surface area (Å²) < 4.78 is 17.3. The molecular formula is C28H32O4. The molecule has 4 nitrogen and oxygen atoms in total. The molecule has 2 unspecified atom stereocenters. The summed E-state index contributed by atoms with van der Waals surface area (Å²) in [5, 5.41) is 0. The molecule has 1 aliphatic heterocycles. The normalized spacial score (nSPS) is 21.7. The third kappa shape index (κ3) is 5.23. The van der Waals surface area contributed by atoms with Gasteiger partial charge in [-0.2, -0.15) is 0 Å². The Kier molecular flexibility index (Phi) is 6.98. The van der Waals surface area contributed by atoms with Gasteiger partial charge in [-0.3, -0.25) is 0 Å². The summed E-state index contributed by atoms with van der Waals surface area (Å²) in [4.78, 5) is 11.8. The first-order valence-corrected chi connectivity index (χ1v) is 11.7. The molecular weight excluding hydrogens is 400 g/mol. The molecule has 0 N–H and O–H groups in total. The van der Waals surface area contributed by atoms with Crippen LogP contribution in [0.15, 0.2) is 42.5 Å². The predicted molar refractivity (Wildman–Crippen MR) is 124 cm³/mol. The molecule has 168 valence electrons. The van der Waals surface area contributed by atoms with Crippen LogP contribution < -0.4 is 0 Å². The molecule has 0 radical (unpaired) electrons. The first kappa shape index (κ1) is 22.6. The van der Waals surface area contributed by atoms with Crippen molar-refractivity contribution >= 4 is 5.97 Å². The number of ether oxygens (including phenoxy) is 3. The fourth-order valence-electron chi connectivity index (χ4n) is 4.50. The highest BCUT2D eigenvalue weighted by Gasteiger charge is 2.34. The number of carbonyl (C=O) groups excluding carboxylic acids is 1. The summed E-state index contributed by atoms with van der Waals surface area (Å²) in [7, 11) is 0. The molecule has 1 fully saturated rings. The van der Waals surface area contributed by atoms with Crippen molar-refractivity contribution in [2.45, 2.75) is 70.7 Å². The zero-order chi connectivity index (χ0) is 22.6. The van der Waals surface area contributed by atoms with Gasteiger partial charge in [-0.25, -0.2) is 4.79 Å². The van der Waals surface area contributed by atoms with Crippen LogP contribution in [0.1, 0.15) is 91.6 Å². The summed E-state index contributed by atoms with van der Waals surface area (Å²) in [6.45, 7) is 7.56. The molecule has 2 aromatic carbocycles. The number of carbonyl (C=O) groups is 1. The number of benzene rings is 2. The minimum atomic E-state index is -0.308. The average molecular weight is 433 g/mol. The van der Waals surface area contributed by atoms with E-state index in [1.807, 2.05) is 12.1 Å². The van der Waals surface area contributed by atoms with Gasteiger partial charge in [0.1, 0.15) is 0 Å². The van der Waals surface area contributed by atoms with Crippen molar-refractivity contribution in [3.05, 3.63) is 70.3 Å². The van der Waals surface area contributed by atoms with E-state index in [4.69, 9.17) is 14.2 Å². The van der Waals surface area contributed by atoms with Crippen molar-refractivity contribution in [1.82, 2.24) is 0 Å². The molecule has 0 saturated carbocycles. The Balaban J connectivity index is 1.55. The van der Waals surface area contributed by atoms with Gasteiger partial charge in [-0.05, 0) is 92.0 Å². The minimum Gasteiger partial charge on any atom is -0.462 e. The fraction of sp³-hybridized carbons (Fsp3) is 0.464. The Morgan fingerprint density at radius 2 is 1.81 bits per heavy atom. The Labute approximate surface area is 191 Å². The van der Waals surface area contributed by atoms with E-state index in [1.54, 1.807) is 19.1 Å². The number of hydrogen-bond donors (Lipinski definition) is 0. The molecule has 1 aliphatic carbocycles. The number of hydrogen-bond acceptors (Lipinski definition) is 4. The van der Waals surface area contributed by atoms with Gasteiger partial charge < -0.3 is 14.2 Å². The van der Waals surface area contributed by atoms with Gasteiger partial charge in [0.15, 0.2) is 6.29 Å². The van der Waals surface area contributed by atoms with Crippen molar-refractivity contribution in [3.8, 4) is 11.8 Å². The monoisotopic (exact) mass is 432 g/mol. The van der Waals surface area contributed by atoms with E-state index in [0.29, 0.717) is 12.2 Å². The molecule has 2 atom stereocenters. The van der Waals surface area contributed by atoms with Crippen LogP contribution in [-0.2, 0) is 19.6 Å². The molecule has 0 spiro atoms. The number of esters is 1. The molecule has 4 heteroatoms. The van der Waals surface area contributed by atoms with E-state index in [0.717, 1.165) is 49.8 Å². The fourth-order valence-corrected chi connectivity index (χ4v) is 4.50. The first-order valence-electron chi connectivity index (χ1n) is 11.7. The lowest BCUT2D eigenvalue weighted by molar-refractivity contribution is -0.193. The van der Waals surface area contributed by atoms with E-state index >= 15 is 0 Å². The molecule has 2 aliphatic rings. The van der Waals surface area contributed by atoms with E-state index in [9.17, 15) is 4.79 Å². The van der Waals surface area contributed by atoms with Crippen LogP contribution in [0.3, 0.4) is 0 Å². The number of fused-ring (bicyclic) bond motifs is 1. The van der Waals surface area contributed by atoms with Crippen LogP contribution in [0.2, 0.25) is 0 Å². The topological polar surface area (TPSA) is 44.8 Å². The maximum atomic E-state index is 11.8. The Morgan fingerprint density at radius 1 is 1.06 bits per heavy atom. The Morgan fingerprint density at radius 3 is 2.53 bits per heavy atom. The van der Waals surface area contributed by atoms with Gasteiger partial charge in [-0.1, -0.05) is 31.8 Å². The van der Waals surface area contributed by atoms with E-state index in [-0.39, 0.29) is 23.8 Å². The summed E-state index contributed by atoms with van der Waals surface area (Å²) in [5.41, 5.74) is 5.07. The van der Waals surface area contributed by atoms with Crippen molar-refractivity contribution in [2.24, 2.45) is 0 Å². The lowest BCUT2D eigenvalue weighted by Crippen LogP contribution is -2.31. The third-order valence-electron chi connectivity index (χ3n) is 6.36. The molecule has 2 aromatic rings. The predicted octanol–water partition coefficient (Wildman–Crippen LogP) is 5.92. The van der Waals surface area contributed by atoms with Crippen LogP contribution in [0.5, 0.6) is 0 Å². The molecule has 1 heterocycles. The highest BCUT2D eigenvalue weighted by Crippen LogP contribution is 2.44. The zero-order valence-corrected chi connectivity index (χ0v) is 19.3. The number of rotatable bonds is 4. The molecule has 0 aromatic heterocycles. The maximum Gasteiger partial charge on any atom is 0.338 e. The molecule has 1 saturated heterocycles. The first-order chi connectivity index (χ1) is 15.5. The van der Waals surface area contributed by atoms with E-state index < -0.39 is 0 Å². The van der Waals surface area contributed by atoms with Gasteiger partial charge in [-0.15, -0.1) is 0 Å². The van der Waals surface area contributed by atoms with Crippen LogP contribution in [0.25, 0.3) is 0 Å². The lowest BCUT2D eigenvalue weighted by Gasteiger charge is -2.38. The molecule has 0 amide bonds. The molecule has 4 rings (SSSR count). The smallest absolute Gasteiger partial charge is 0.338 e. The maximum absolute atomic E-state index is 11.8. The van der Waals surface area contributed by atoms with Crippen LogP contribution >= 0.6 is 0 Å². The largest absolute Gasteiger partial charge is 0.462 e. The van der Waals surface area contributed by atoms with E-state index in [2.05, 4.69) is 43.9 Å². The quantitative estimate of drug-likeness (QED) is 0.444. The molecule has 32 heavy (non-hydrogen) atoms. The minimum absolute atomic E-state index is 0.0479. The highest BCUT2D eigenvalue weighted by molar-refractivity contribution is 5.89. The van der Waals surface area contributed by atoms with Crippen molar-refractivity contribution in [1.29, 1.82) is 0 Å². The van der Waals surface area contributed by atoms with Crippen molar-refractivity contribution < 1.29 is 19.0 Å². The average Bonchev–Trinajstić information content (AvgIpc) is 2.81. The van der Waals surface area contributed by atoms with Crippen LogP contribution in [0.4, 0.5) is 0 Å². The van der Waals surface area contributed by atoms with Gasteiger partial charge in [0.25, 0.3) is 0 Å². The SMILES string of the molecule is CCOC(=O)c1ccc(C#Cc2ccc3c(c2)C(OC2CCCCO2)CCC3(C)C)cc1. The van der Waals surface area contributed by atoms with Gasteiger partial charge in [0.2, 0.25) is 0 Å². The summed E-state index contributed by atoms with van der Waals surface area (Å²) in [6.07, 6.45) is 5.28. The highest BCUT2D eigenvalue weighted by atomic mass is 16.7. The Hall–Kier alpha value is -2.61. The summed E-state index contributed by atoms with van der Waals surface area (Å²) in [5.74, 6) is 6.19. The van der Waals surface area contributed by atoms with Crippen LogP contribution in [0, 0.1) is 11.8 Å². The van der Waals surface area contributed by atoms with E-state index in [1.165, 1.54) is 11.1 Å². The van der Waals surface area contributed by atoms with Gasteiger partial charge in [0.05, 0.1) is 18.3 Å². The zero-order valence-electron chi connectivity index (χ0n) is 19.3. The lowest BCUT2D eigenvalue weighted by atomic mass is 9.71. The molecule has 0 bridgehead atoms. The second-order valence-corrected chi connectivity index (χ2v) is 9.19. The van der Waals surface area contributed by atoms with Crippen molar-refractivity contribution in [3.63, 3.8) is 0 Å². The van der Waals surface area contributed by atoms with Crippen LogP contribution in [-0.4, -0.2) is 25.5 Å². The van der Waals surface area contributed by atoms with Gasteiger partial charge in [0, 0.05) is 17.7 Å². The van der Waals surface area contributed by atoms with Gasteiger partial charge >= 0.3 is 5.97 Å². The second kappa shape index (κ2) is 9.90. The standard InChI is InChI=1S/C28H32O4/c1-4-30-27(29)22-13-10-20(11-14-22)8-9-21-12-15-24-23(19-21)25(16-17-28(24,2)3)32-26-7-5-6-18-31-26/h10-15,19,25-26H,4-7,16-18H2,1-3H3. The second-order valence-electron chi connectivity index (χ2n) is 9.19. The summed E-state index contributed by atoms with van der Waals surface area (Å²) in [6, 6.07) is 13.7. The Bertz CT molecular complexity index is 1000. The summed E-state index contributed by atoms with van der Waals surface area (Å²) >= 11 is 0. The van der Waals surface area contributed by atoms with Crippen molar-refractivity contribution in [2.75, 3.05) is 13.2 Å². The third-order valence-corrected chi connectivity index (χ3v) is 6.36.